The minimum absolute atomic E-state index is 0.0307. The molecule has 4 aliphatic carbocycles. The number of fused-ring (bicyclic) bond motifs is 2. The van der Waals surface area contributed by atoms with Crippen molar-refractivity contribution in [2.75, 3.05) is 72.5 Å². The summed E-state index contributed by atoms with van der Waals surface area (Å²) in [7, 11) is -6.56. The highest BCUT2D eigenvalue weighted by atomic mass is 32.2. The van der Waals surface area contributed by atoms with Gasteiger partial charge >= 0.3 is 12.4 Å². The van der Waals surface area contributed by atoms with E-state index in [-0.39, 0.29) is 109 Å². The van der Waals surface area contributed by atoms with E-state index in [0.29, 0.717) is 90.8 Å². The molecule has 472 valence electrons. The topological polar surface area (TPSA) is 206 Å². The number of nitrogens with one attached hydrogen (secondary N) is 3. The number of alkyl halides is 6. The Morgan fingerprint density at radius 2 is 1.11 bits per heavy atom. The number of carbonyl (C=O) groups is 2. The number of nitrogens with zero attached hydrogens (tertiary/aromatic N) is 9. The predicted molar refractivity (Wildman–Crippen MR) is 327 cm³/mol. The summed E-state index contributed by atoms with van der Waals surface area (Å²) in [5, 5.41) is 8.65. The van der Waals surface area contributed by atoms with Gasteiger partial charge in [-0.25, -0.2) is 36.8 Å². The summed E-state index contributed by atoms with van der Waals surface area (Å²) in [4.78, 5) is 54.1. The van der Waals surface area contributed by atoms with E-state index in [1.54, 1.807) is 11.0 Å². The molecule has 4 aromatic heterocycles. The van der Waals surface area contributed by atoms with E-state index in [9.17, 15) is 31.2 Å². The first-order valence-electron chi connectivity index (χ1n) is 30.2. The zero-order valence-corrected chi connectivity index (χ0v) is 52.6. The molecule has 0 spiro atoms. The smallest absolute Gasteiger partial charge is 0.368 e. The summed E-state index contributed by atoms with van der Waals surface area (Å²) in [6, 6.07) is 14.1. The Bertz CT molecular complexity index is 4070. The van der Waals surface area contributed by atoms with Crippen LogP contribution in [0.1, 0.15) is 126 Å². The van der Waals surface area contributed by atoms with Crippen molar-refractivity contribution in [2.45, 2.75) is 148 Å². The molecule has 6 fully saturated rings. The van der Waals surface area contributed by atoms with Crippen LogP contribution in [-0.4, -0.2) is 157 Å². The molecule has 2 amide bonds. The molecule has 14 rings (SSSR count). The van der Waals surface area contributed by atoms with E-state index in [1.165, 1.54) is 4.90 Å². The fraction of sp³-hybridized carbons (Fsp3) is 0.508. The van der Waals surface area contributed by atoms with Crippen molar-refractivity contribution in [2.24, 2.45) is 5.92 Å². The minimum atomic E-state index is -5.00. The van der Waals surface area contributed by atoms with E-state index in [4.69, 9.17) is 0 Å². The number of hydrogen-bond acceptors (Lipinski definition) is 18. The molecular formula is C61H66F6N12O6S4. The minimum Gasteiger partial charge on any atom is -0.368 e. The summed E-state index contributed by atoms with van der Waals surface area (Å²) in [6.07, 6.45) is -3.95. The van der Waals surface area contributed by atoms with Gasteiger partial charge < -0.3 is 35.6 Å². The van der Waals surface area contributed by atoms with Gasteiger partial charge in [-0.3, -0.25) is 14.5 Å². The fourth-order valence-electron chi connectivity index (χ4n) is 13.6. The van der Waals surface area contributed by atoms with Gasteiger partial charge in [0.05, 0.1) is 41.9 Å². The molecule has 89 heavy (non-hydrogen) atoms. The summed E-state index contributed by atoms with van der Waals surface area (Å²) in [5.74, 6) is -2.95. The number of likely N-dealkylation sites (N-methyl/N-ethyl adjacent to an activating group) is 1. The van der Waals surface area contributed by atoms with Crippen LogP contribution < -0.4 is 25.8 Å². The highest BCUT2D eigenvalue weighted by Gasteiger charge is 2.55. The van der Waals surface area contributed by atoms with Crippen molar-refractivity contribution in [3.8, 4) is 21.1 Å². The number of sulfone groups is 2. The first-order chi connectivity index (χ1) is 42.2. The number of piperazine rings is 2. The Kier molecular flexibility index (Phi) is 14.8. The Morgan fingerprint density at radius 1 is 0.618 bits per heavy atom. The molecule has 2 saturated heterocycles. The molecule has 4 saturated carbocycles. The van der Waals surface area contributed by atoms with Gasteiger partial charge in [0.1, 0.15) is 20.9 Å². The molecule has 3 N–H and O–H groups in total. The third-order valence-electron chi connectivity index (χ3n) is 18.9. The maximum atomic E-state index is 15.6. The first kappa shape index (κ1) is 60.1. The normalized spacial score (nSPS) is 26.4. The fourth-order valence-corrected chi connectivity index (χ4v) is 20.1. The van der Waals surface area contributed by atoms with E-state index in [2.05, 4.69) is 84.3 Å². The second kappa shape index (κ2) is 21.9. The molecule has 8 heterocycles. The van der Waals surface area contributed by atoms with E-state index in [0.717, 1.165) is 55.0 Å². The second-order valence-corrected chi connectivity index (χ2v) is 31.9. The summed E-state index contributed by atoms with van der Waals surface area (Å²) < 4.78 is 149. The first-order valence-corrected chi connectivity index (χ1v) is 35.1. The van der Waals surface area contributed by atoms with Crippen molar-refractivity contribution in [3.63, 3.8) is 0 Å². The van der Waals surface area contributed by atoms with Crippen molar-refractivity contribution in [3.05, 3.63) is 92.9 Å². The maximum absolute atomic E-state index is 15.6. The lowest BCUT2D eigenvalue weighted by molar-refractivity contribution is -0.138. The molecule has 0 bridgehead atoms. The Labute approximate surface area is 519 Å². The number of carbonyl (C=O) groups excluding carboxylic acids is 2. The van der Waals surface area contributed by atoms with E-state index in [1.807, 2.05) is 31.3 Å². The number of benzene rings is 2. The van der Waals surface area contributed by atoms with Gasteiger partial charge in [0, 0.05) is 111 Å². The molecule has 6 aromatic rings. The number of anilines is 6. The zero-order valence-electron chi connectivity index (χ0n) is 49.3. The molecule has 2 aromatic carbocycles. The van der Waals surface area contributed by atoms with Crippen LogP contribution in [0.3, 0.4) is 0 Å². The molecule has 8 aliphatic rings. The molecule has 3 unspecified atom stereocenters. The van der Waals surface area contributed by atoms with Gasteiger partial charge in [-0.2, -0.15) is 26.3 Å². The van der Waals surface area contributed by atoms with Crippen LogP contribution in [0.25, 0.3) is 21.1 Å². The number of aromatic nitrogens is 4. The molecule has 7 atom stereocenters. The Hall–Kier alpha value is -6.46. The summed E-state index contributed by atoms with van der Waals surface area (Å²) in [5.41, 5.74) is 0.708. The van der Waals surface area contributed by atoms with E-state index >= 15 is 21.6 Å². The van der Waals surface area contributed by atoms with Crippen LogP contribution in [0.4, 0.5) is 61.0 Å². The Morgan fingerprint density at radius 3 is 1.65 bits per heavy atom. The Balaban J connectivity index is 0.811. The lowest BCUT2D eigenvalue weighted by Crippen LogP contribution is -2.55. The van der Waals surface area contributed by atoms with Crippen LogP contribution in [0.2, 0.25) is 0 Å². The van der Waals surface area contributed by atoms with Gasteiger partial charge in [-0.1, -0.05) is 0 Å². The lowest BCUT2D eigenvalue weighted by Gasteiger charge is -2.43. The third kappa shape index (κ3) is 11.4. The largest absolute Gasteiger partial charge is 0.420 e. The molecular weight excluding hydrogens is 1240 g/mol. The SMILES string of the molecule is C[C@@H]1CN(c2ccc(Nc3ncc(C(F)(F)F)c(-c4cc5c(s4)C(=O)N(C4CC4)CC(C4CC4c4cc(N6C[C@@H](C)N(C)[C@@H](C)C6)ccc4Nc4ncc(C(F)(F)F)c(-c6cc7c(s6)C(=O)N(C6CC6)CCS7(=O)=O)n4)S5(=O)=O)n3)c(C3CC3)c2)C[C@H](C)N1. The number of amides is 2. The van der Waals surface area contributed by atoms with Gasteiger partial charge in [0.2, 0.25) is 11.9 Å². The number of rotatable bonds is 13. The quantitative estimate of drug-likeness (QED) is 0.0920. The standard InChI is InChI=1S/C61H66F6N12O6S4/c1-30-25-76(26-31(2)70-30)37-12-14-45(39(18-37)34-6-7-34)71-58-68-24-44(61(65,66)67)53(74-58)48-22-50-55(87-48)57(81)79(36-10-11-36)29-51(89(50,84)85)42-20-40(42)41-19-38(77-27-32(3)75(5)33(4)28-77)13-15-46(41)72-59-69-23-43(60(62,63)64)52(73-59)47-21-49-54(86-47)56(80)78(35-8-9-35)16-17-88(49,82)83/h12-15,18-19,21-24,30-36,40,42,51,70H,6-11,16-17,20,25-29H2,1-5H3,(H,68,71,74)(H,69,72,73)/t30-,31+,32-,33+,40?,42?,51?. The third-order valence-corrected chi connectivity index (χ3v) is 25.4. The number of hydrogen-bond donors (Lipinski definition) is 3. The molecule has 18 nitrogen and oxygen atoms in total. The predicted octanol–water partition coefficient (Wildman–Crippen LogP) is 10.8. The van der Waals surface area contributed by atoms with Crippen molar-refractivity contribution < 1.29 is 52.8 Å². The molecule has 28 heteroatoms. The lowest BCUT2D eigenvalue weighted by atomic mass is 10.0. The monoisotopic (exact) mass is 1300 g/mol. The number of halogens is 6. The molecule has 0 radical (unpaired) electrons. The van der Waals surface area contributed by atoms with Gasteiger partial charge in [0.25, 0.3) is 11.8 Å². The average Bonchev–Trinajstić information content (AvgIpc) is 1.59. The molecule has 4 aliphatic heterocycles. The maximum Gasteiger partial charge on any atom is 0.420 e. The number of thiophene rings is 2. The van der Waals surface area contributed by atoms with Gasteiger partial charge in [-0.15, -0.1) is 22.7 Å². The zero-order chi connectivity index (χ0) is 62.5. The highest BCUT2D eigenvalue weighted by Crippen LogP contribution is 2.57. The summed E-state index contributed by atoms with van der Waals surface area (Å²) in [6.45, 7) is 11.1. The van der Waals surface area contributed by atoms with Crippen LogP contribution in [0.5, 0.6) is 0 Å². The van der Waals surface area contributed by atoms with Gasteiger partial charge in [0.15, 0.2) is 19.7 Å². The van der Waals surface area contributed by atoms with E-state index < -0.39 is 83.4 Å². The van der Waals surface area contributed by atoms with Crippen LogP contribution in [-0.2, 0) is 32.0 Å². The van der Waals surface area contributed by atoms with Crippen LogP contribution in [0, 0.1) is 5.92 Å². The van der Waals surface area contributed by atoms with Gasteiger partial charge in [-0.05, 0) is 157 Å². The second-order valence-electron chi connectivity index (χ2n) is 25.6. The van der Waals surface area contributed by atoms with Crippen molar-refractivity contribution in [1.29, 1.82) is 0 Å². The highest BCUT2D eigenvalue weighted by molar-refractivity contribution is 7.92. The van der Waals surface area contributed by atoms with Crippen LogP contribution in [0.15, 0.2) is 70.7 Å². The van der Waals surface area contributed by atoms with Crippen molar-refractivity contribution in [1.82, 2.24) is 40.0 Å². The summed E-state index contributed by atoms with van der Waals surface area (Å²) >= 11 is 1.29. The average molecular weight is 1310 g/mol. The van der Waals surface area contributed by atoms with Crippen LogP contribution >= 0.6 is 22.7 Å². The van der Waals surface area contributed by atoms with Crippen molar-refractivity contribution >= 4 is 88.8 Å².